The summed E-state index contributed by atoms with van der Waals surface area (Å²) in [6, 6.07) is 24.1. The lowest BCUT2D eigenvalue weighted by Crippen LogP contribution is -2.29. The Bertz CT molecular complexity index is 1680. The molecule has 2 aliphatic heterocycles. The fourth-order valence-corrected chi connectivity index (χ4v) is 6.70. The van der Waals surface area contributed by atoms with Crippen LogP contribution in [0.25, 0.3) is 0 Å². The highest BCUT2D eigenvalue weighted by Gasteiger charge is 2.30. The van der Waals surface area contributed by atoms with E-state index >= 15 is 0 Å². The number of nitrogens with zero attached hydrogens (tertiary/aromatic N) is 2. The molecule has 0 saturated carbocycles. The number of rotatable bonds is 2. The van der Waals surface area contributed by atoms with Gasteiger partial charge in [-0.25, -0.2) is 18.3 Å². The molecule has 242 valence electrons. The molecule has 0 aliphatic carbocycles. The zero-order chi connectivity index (χ0) is 33.8. The number of hydrogen-bond donors (Lipinski definition) is 0. The molecule has 0 atom stereocenters. The minimum absolute atomic E-state index is 0.357. The number of benzene rings is 4. The monoisotopic (exact) mass is 686 g/mol. The average molecular weight is 687 g/mol. The molecule has 0 spiro atoms. The van der Waals surface area contributed by atoms with Crippen LogP contribution in [0, 0.1) is 27.7 Å². The van der Waals surface area contributed by atoms with Crippen LogP contribution in [-0.4, -0.2) is 41.3 Å². The molecule has 0 radical (unpaired) electrons. The Labute approximate surface area is 276 Å². The number of anilines is 4. The summed E-state index contributed by atoms with van der Waals surface area (Å²) in [7, 11) is -2.50. The van der Waals surface area contributed by atoms with Gasteiger partial charge >= 0.3 is 16.6 Å². The molecule has 0 unspecified atom stereocenters. The molecular formula is C33H32F2N2O6S3. The summed E-state index contributed by atoms with van der Waals surface area (Å²) in [5.74, 6) is -0.524. The third-order valence-electron chi connectivity index (χ3n) is 6.78. The smallest absolute Gasteiger partial charge is 0.437 e. The lowest BCUT2D eigenvalue weighted by molar-refractivity contribution is -0.118. The Morgan fingerprint density at radius 1 is 0.652 bits per heavy atom. The molecule has 2 heterocycles. The third kappa shape index (κ3) is 8.08. The van der Waals surface area contributed by atoms with Gasteiger partial charge in [-0.05, 0) is 98.5 Å². The first-order valence-electron chi connectivity index (χ1n) is 13.8. The first-order valence-corrected chi connectivity index (χ1v) is 16.8. The first kappa shape index (κ1) is 35.0. The molecule has 2 amide bonds. The minimum atomic E-state index is -4.66. The third-order valence-corrected chi connectivity index (χ3v) is 9.44. The van der Waals surface area contributed by atoms with Gasteiger partial charge in [0.2, 0.25) is 0 Å². The van der Waals surface area contributed by atoms with E-state index in [0.717, 1.165) is 71.7 Å². The van der Waals surface area contributed by atoms with Crippen molar-refractivity contribution < 1.29 is 35.2 Å². The fraction of sp³-hybridized carbons (Fsp3) is 0.212. The number of methoxy groups -OCH3 is 1. The molecule has 0 fully saturated rings. The predicted molar refractivity (Wildman–Crippen MR) is 178 cm³/mol. The molecule has 0 N–H and O–H groups in total. The number of halogens is 2. The molecule has 0 bridgehead atoms. The quantitative estimate of drug-likeness (QED) is 0.193. The van der Waals surface area contributed by atoms with Crippen LogP contribution >= 0.6 is 23.5 Å². The summed E-state index contributed by atoms with van der Waals surface area (Å²) in [5, 5.41) is 0. The Morgan fingerprint density at radius 2 is 0.957 bits per heavy atom. The Kier molecular flexibility index (Phi) is 11.1. The average Bonchev–Trinajstić information content (AvgIpc) is 3.02. The molecule has 46 heavy (non-hydrogen) atoms. The van der Waals surface area contributed by atoms with Crippen molar-refractivity contribution in [3.05, 3.63) is 95.1 Å². The number of carbonyl (C=O) groups excluding carboxylic acids is 2. The molecule has 6 rings (SSSR count). The number of fused-ring (bicyclic) bond motifs is 4. The summed E-state index contributed by atoms with van der Waals surface area (Å²) >= 11 is 3.30. The number of ether oxygens (including phenoxy) is 1. The van der Waals surface area contributed by atoms with Crippen molar-refractivity contribution in [2.24, 2.45) is 0 Å². The molecule has 8 nitrogen and oxygen atoms in total. The van der Waals surface area contributed by atoms with Crippen molar-refractivity contribution in [1.29, 1.82) is 0 Å². The number of aryl methyl sites for hydroxylation is 4. The molecule has 13 heteroatoms. The van der Waals surface area contributed by atoms with E-state index in [4.69, 9.17) is 13.2 Å². The van der Waals surface area contributed by atoms with Crippen LogP contribution in [0.15, 0.2) is 92.4 Å². The standard InChI is InChI=1S/C16H14FNOS.C16H15NO2S.CH3FO3S/c1-10-3-5-14-12(7-10)18(16(19)9-17)13-8-11(2)4-6-15(13)20-14;1-10-4-6-14-12(8-10)17(16(18)19-3)13-9-11(2)5-7-15(13)20-14;1-5-6(2,3)4/h3-8H,9H2,1-2H3;4-9H,1-3H3;1H3. The van der Waals surface area contributed by atoms with Crippen LogP contribution < -0.4 is 9.80 Å². The lowest BCUT2D eigenvalue weighted by Gasteiger charge is -2.31. The zero-order valence-electron chi connectivity index (χ0n) is 26.0. The van der Waals surface area contributed by atoms with E-state index in [1.807, 2.05) is 88.4 Å². The normalized spacial score (nSPS) is 12.6. The van der Waals surface area contributed by atoms with Crippen LogP contribution in [0.5, 0.6) is 0 Å². The van der Waals surface area contributed by atoms with Crippen LogP contribution in [-0.2, 0) is 24.2 Å². The van der Waals surface area contributed by atoms with Crippen molar-refractivity contribution >= 4 is 68.8 Å². The Hall–Kier alpha value is -3.91. The van der Waals surface area contributed by atoms with Gasteiger partial charge in [-0.2, -0.15) is 8.42 Å². The van der Waals surface area contributed by atoms with Crippen LogP contribution in [0.1, 0.15) is 22.3 Å². The van der Waals surface area contributed by atoms with Crippen LogP contribution in [0.3, 0.4) is 0 Å². The van der Waals surface area contributed by atoms with Crippen molar-refractivity contribution in [2.45, 2.75) is 47.3 Å². The predicted octanol–water partition coefficient (Wildman–Crippen LogP) is 8.92. The van der Waals surface area contributed by atoms with Gasteiger partial charge in [0.05, 0.1) is 37.0 Å². The second-order valence-corrected chi connectivity index (χ2v) is 13.6. The van der Waals surface area contributed by atoms with E-state index in [1.54, 1.807) is 28.4 Å². The van der Waals surface area contributed by atoms with Crippen molar-refractivity contribution in [3.8, 4) is 0 Å². The second-order valence-electron chi connectivity index (χ2n) is 10.3. The second kappa shape index (κ2) is 14.7. The molecule has 2 aliphatic rings. The summed E-state index contributed by atoms with van der Waals surface area (Å²) in [6.07, 6.45) is -0.357. The van der Waals surface area contributed by atoms with E-state index in [9.17, 15) is 17.9 Å². The number of carbonyl (C=O) groups is 2. The molecule has 0 saturated heterocycles. The van der Waals surface area contributed by atoms with Gasteiger partial charge in [-0.15, -0.1) is 0 Å². The van der Waals surface area contributed by atoms with Crippen molar-refractivity contribution in [3.63, 3.8) is 0 Å². The maximum absolute atomic E-state index is 13.0. The number of hydrogen-bond acceptors (Lipinski definition) is 8. The summed E-state index contributed by atoms with van der Waals surface area (Å²) in [4.78, 5) is 31.5. The van der Waals surface area contributed by atoms with Gasteiger partial charge in [0.1, 0.15) is 0 Å². The summed E-state index contributed by atoms with van der Waals surface area (Å²) in [5.41, 5.74) is 7.67. The highest BCUT2D eigenvalue weighted by molar-refractivity contribution is 8.00. The number of alkyl halides is 1. The largest absolute Gasteiger partial charge is 0.452 e. The maximum Gasteiger partial charge on any atom is 0.437 e. The maximum atomic E-state index is 13.0. The van der Waals surface area contributed by atoms with E-state index in [1.165, 1.54) is 12.0 Å². The highest BCUT2D eigenvalue weighted by atomic mass is 32.3. The van der Waals surface area contributed by atoms with E-state index < -0.39 is 23.1 Å². The SMILES string of the molecule is COC(=O)N1c2cc(C)ccc2Sc2ccc(C)cc21.COS(=O)(=O)F.Cc1ccc2c(c1)N(C(=O)CF)c1cc(C)ccc1S2. The van der Waals surface area contributed by atoms with Gasteiger partial charge in [0.25, 0.3) is 5.91 Å². The van der Waals surface area contributed by atoms with Gasteiger partial charge in [0.15, 0.2) is 6.67 Å². The summed E-state index contributed by atoms with van der Waals surface area (Å²) < 4.78 is 50.3. The van der Waals surface area contributed by atoms with Crippen molar-refractivity contribution in [1.82, 2.24) is 0 Å². The molecule has 4 aromatic rings. The Balaban J connectivity index is 0.000000178. The first-order chi connectivity index (χ1) is 21.8. The summed E-state index contributed by atoms with van der Waals surface area (Å²) in [6.45, 7) is 6.98. The van der Waals surface area contributed by atoms with E-state index in [2.05, 4.69) is 16.3 Å². The van der Waals surface area contributed by atoms with Gasteiger partial charge in [-0.3, -0.25) is 9.69 Å². The zero-order valence-corrected chi connectivity index (χ0v) is 28.4. The van der Waals surface area contributed by atoms with Gasteiger partial charge in [0, 0.05) is 19.6 Å². The van der Waals surface area contributed by atoms with Crippen LogP contribution in [0.2, 0.25) is 0 Å². The molecule has 4 aromatic carbocycles. The van der Waals surface area contributed by atoms with E-state index in [0.29, 0.717) is 0 Å². The number of amides is 2. The van der Waals surface area contributed by atoms with Gasteiger partial charge < -0.3 is 4.74 Å². The Morgan fingerprint density at radius 3 is 1.22 bits per heavy atom. The minimum Gasteiger partial charge on any atom is -0.452 e. The fourth-order valence-electron chi connectivity index (χ4n) is 4.67. The molecule has 0 aromatic heterocycles. The topological polar surface area (TPSA) is 93.2 Å². The van der Waals surface area contributed by atoms with E-state index in [-0.39, 0.29) is 6.09 Å². The van der Waals surface area contributed by atoms with Crippen molar-refractivity contribution in [2.75, 3.05) is 30.7 Å². The highest BCUT2D eigenvalue weighted by Crippen LogP contribution is 2.50. The molecular weight excluding hydrogens is 655 g/mol. The lowest BCUT2D eigenvalue weighted by atomic mass is 10.1. The van der Waals surface area contributed by atoms with Crippen LogP contribution in [0.4, 0.5) is 35.8 Å². The van der Waals surface area contributed by atoms with Gasteiger partial charge in [-0.1, -0.05) is 51.7 Å².